The summed E-state index contributed by atoms with van der Waals surface area (Å²) in [7, 11) is 0. The molecule has 3 atom stereocenters. The van der Waals surface area contributed by atoms with E-state index < -0.39 is 47.2 Å². The van der Waals surface area contributed by atoms with Gasteiger partial charge in [-0.05, 0) is 12.8 Å². The summed E-state index contributed by atoms with van der Waals surface area (Å²) in [6.07, 6.45) is 0.368. The Labute approximate surface area is 164 Å². The molecule has 0 aromatic heterocycles. The maximum atomic E-state index is 12.4. The summed E-state index contributed by atoms with van der Waals surface area (Å²) in [5.41, 5.74) is 5.44. The number of ether oxygens (including phenoxy) is 1. The molecule has 0 spiro atoms. The fourth-order valence-corrected chi connectivity index (χ4v) is 4.16. The minimum absolute atomic E-state index is 0.00146. The second-order valence-corrected chi connectivity index (χ2v) is 7.43. The fourth-order valence-electron chi connectivity index (χ4n) is 2.83. The normalized spacial score (nSPS) is 22.1. The van der Waals surface area contributed by atoms with Crippen LogP contribution in [0.1, 0.15) is 26.2 Å². The summed E-state index contributed by atoms with van der Waals surface area (Å²) < 4.78 is 4.84. The molecule has 2 aliphatic rings. The average molecular weight is 415 g/mol. The van der Waals surface area contributed by atoms with Crippen molar-refractivity contribution in [2.75, 3.05) is 12.4 Å². The standard InChI is InChI=1S/C16H21N3O8S/c1-7(20)27-5-8-6-28-14-11(13(22)19(14)12(8)16(25)26)18-10(21)4-2-3-9(17)15(23)24/h9,11,14H,2-6,17H2,1H3,(H,18,21)(H,23,24)(H,25,26)/t9-,11-,14+/m0/s1. The number of carboxylic acid groups (broad SMARTS) is 2. The summed E-state index contributed by atoms with van der Waals surface area (Å²) in [4.78, 5) is 58.7. The summed E-state index contributed by atoms with van der Waals surface area (Å²) in [6, 6.07) is -1.92. The van der Waals surface area contributed by atoms with Gasteiger partial charge in [0.05, 0.1) is 0 Å². The molecule has 2 aliphatic heterocycles. The lowest BCUT2D eigenvalue weighted by Gasteiger charge is -2.49. The van der Waals surface area contributed by atoms with Gasteiger partial charge in [0.2, 0.25) is 5.91 Å². The smallest absolute Gasteiger partial charge is 0.352 e. The first-order valence-electron chi connectivity index (χ1n) is 8.44. The molecule has 2 rings (SSSR count). The van der Waals surface area contributed by atoms with Crippen LogP contribution < -0.4 is 11.1 Å². The maximum Gasteiger partial charge on any atom is 0.352 e. The first-order chi connectivity index (χ1) is 13.1. The molecule has 1 saturated heterocycles. The Morgan fingerprint density at radius 2 is 2.04 bits per heavy atom. The van der Waals surface area contributed by atoms with Crippen LogP contribution in [0.3, 0.4) is 0 Å². The van der Waals surface area contributed by atoms with Gasteiger partial charge in [-0.25, -0.2) is 4.79 Å². The molecule has 0 unspecified atom stereocenters. The minimum Gasteiger partial charge on any atom is -0.480 e. The number of carbonyl (C=O) groups excluding carboxylic acids is 3. The van der Waals surface area contributed by atoms with Crippen molar-refractivity contribution in [3.05, 3.63) is 11.3 Å². The summed E-state index contributed by atoms with van der Waals surface area (Å²) in [6.45, 7) is 0.977. The first-order valence-corrected chi connectivity index (χ1v) is 9.49. The van der Waals surface area contributed by atoms with Crippen molar-refractivity contribution in [2.24, 2.45) is 5.73 Å². The van der Waals surface area contributed by atoms with E-state index in [2.05, 4.69) is 5.32 Å². The monoisotopic (exact) mass is 415 g/mol. The van der Waals surface area contributed by atoms with Crippen molar-refractivity contribution in [1.82, 2.24) is 10.2 Å². The number of β-lactam (4-membered cyclic amide) rings is 1. The highest BCUT2D eigenvalue weighted by Crippen LogP contribution is 2.40. The number of fused-ring (bicyclic) bond motifs is 1. The number of hydrogen-bond acceptors (Lipinski definition) is 8. The molecule has 0 aromatic rings. The van der Waals surface area contributed by atoms with Crippen LogP contribution >= 0.6 is 11.8 Å². The molecule has 154 valence electrons. The molecule has 0 radical (unpaired) electrons. The minimum atomic E-state index is -1.31. The molecular weight excluding hydrogens is 394 g/mol. The molecule has 1 fully saturated rings. The van der Waals surface area contributed by atoms with Crippen LogP contribution in [0.15, 0.2) is 11.3 Å². The lowest BCUT2D eigenvalue weighted by molar-refractivity contribution is -0.151. The Morgan fingerprint density at radius 1 is 1.36 bits per heavy atom. The van der Waals surface area contributed by atoms with E-state index in [0.717, 1.165) is 4.90 Å². The Balaban J connectivity index is 1.96. The summed E-state index contributed by atoms with van der Waals surface area (Å²) in [5, 5.41) is 20.1. The zero-order valence-corrected chi connectivity index (χ0v) is 15.9. The number of nitrogens with two attached hydrogens (primary N) is 1. The zero-order valence-electron chi connectivity index (χ0n) is 15.0. The number of carbonyl (C=O) groups is 5. The predicted molar refractivity (Wildman–Crippen MR) is 95.8 cm³/mol. The van der Waals surface area contributed by atoms with Crippen LogP contribution in [-0.4, -0.2) is 74.7 Å². The van der Waals surface area contributed by atoms with Crippen LogP contribution in [0.4, 0.5) is 0 Å². The van der Waals surface area contributed by atoms with Gasteiger partial charge in [-0.1, -0.05) is 0 Å². The van der Waals surface area contributed by atoms with Crippen molar-refractivity contribution in [3.63, 3.8) is 0 Å². The molecule has 28 heavy (non-hydrogen) atoms. The summed E-state index contributed by atoms with van der Waals surface area (Å²) >= 11 is 1.26. The SMILES string of the molecule is CC(=O)OCC1=C(C(=O)O)N2C(=O)[C@H](NC(=O)CCC[C@H](N)C(=O)O)[C@H]2SC1. The predicted octanol–water partition coefficient (Wildman–Crippen LogP) is -1.13. The van der Waals surface area contributed by atoms with Crippen molar-refractivity contribution >= 4 is 41.5 Å². The molecular formula is C16H21N3O8S. The molecule has 12 heteroatoms. The van der Waals surface area contributed by atoms with Gasteiger partial charge < -0.3 is 26.0 Å². The average Bonchev–Trinajstić information content (AvgIpc) is 2.62. The van der Waals surface area contributed by atoms with Crippen molar-refractivity contribution in [3.8, 4) is 0 Å². The highest BCUT2D eigenvalue weighted by Gasteiger charge is 2.54. The van der Waals surface area contributed by atoms with Gasteiger partial charge in [0.1, 0.15) is 29.8 Å². The first kappa shape index (κ1) is 21.7. The van der Waals surface area contributed by atoms with E-state index in [-0.39, 0.29) is 37.3 Å². The number of rotatable bonds is 9. The van der Waals surface area contributed by atoms with Crippen LogP contribution in [0, 0.1) is 0 Å². The van der Waals surface area contributed by atoms with Crippen LogP contribution in [-0.2, 0) is 28.7 Å². The highest BCUT2D eigenvalue weighted by atomic mass is 32.2. The third kappa shape index (κ3) is 4.81. The van der Waals surface area contributed by atoms with Gasteiger partial charge >= 0.3 is 17.9 Å². The quantitative estimate of drug-likeness (QED) is 0.266. The molecule has 2 amide bonds. The molecule has 2 heterocycles. The third-order valence-corrected chi connectivity index (χ3v) is 5.59. The second kappa shape index (κ2) is 9.06. The van der Waals surface area contributed by atoms with Crippen molar-refractivity contribution < 1.29 is 38.9 Å². The number of thioether (sulfide) groups is 1. The van der Waals surface area contributed by atoms with E-state index in [0.29, 0.717) is 5.57 Å². The Morgan fingerprint density at radius 3 is 2.61 bits per heavy atom. The van der Waals surface area contributed by atoms with Crippen LogP contribution in [0.25, 0.3) is 0 Å². The highest BCUT2D eigenvalue weighted by molar-refractivity contribution is 8.00. The molecule has 5 N–H and O–H groups in total. The largest absolute Gasteiger partial charge is 0.480 e. The number of carboxylic acids is 2. The lowest BCUT2D eigenvalue weighted by atomic mass is 10.0. The van der Waals surface area contributed by atoms with Gasteiger partial charge in [0, 0.05) is 24.7 Å². The summed E-state index contributed by atoms with van der Waals surface area (Å²) in [5.74, 6) is -3.79. The van der Waals surface area contributed by atoms with Gasteiger partial charge in [-0.15, -0.1) is 11.8 Å². The number of esters is 1. The number of aliphatic carboxylic acids is 2. The molecule has 0 bridgehead atoms. The Bertz CT molecular complexity index is 737. The van der Waals surface area contributed by atoms with Gasteiger partial charge in [-0.2, -0.15) is 0 Å². The third-order valence-electron chi connectivity index (χ3n) is 4.25. The van der Waals surface area contributed by atoms with Crippen molar-refractivity contribution in [1.29, 1.82) is 0 Å². The van der Waals surface area contributed by atoms with E-state index in [4.69, 9.17) is 15.6 Å². The lowest BCUT2D eigenvalue weighted by Crippen LogP contribution is -2.70. The number of amides is 2. The fraction of sp³-hybridized carbons (Fsp3) is 0.562. The van der Waals surface area contributed by atoms with Crippen molar-refractivity contribution in [2.45, 2.75) is 43.6 Å². The molecule has 0 aliphatic carbocycles. The van der Waals surface area contributed by atoms with Gasteiger partial charge in [-0.3, -0.25) is 24.1 Å². The van der Waals surface area contributed by atoms with Gasteiger partial charge in [0.15, 0.2) is 0 Å². The Hall–Kier alpha value is -2.60. The van der Waals surface area contributed by atoms with E-state index in [1.807, 2.05) is 0 Å². The van der Waals surface area contributed by atoms with E-state index >= 15 is 0 Å². The molecule has 0 saturated carbocycles. The number of hydrogen-bond donors (Lipinski definition) is 4. The van der Waals surface area contributed by atoms with E-state index in [9.17, 15) is 29.1 Å². The maximum absolute atomic E-state index is 12.4. The number of nitrogens with one attached hydrogen (secondary N) is 1. The van der Waals surface area contributed by atoms with Gasteiger partial charge in [0.25, 0.3) is 5.91 Å². The Kier molecular flexibility index (Phi) is 7.02. The van der Waals surface area contributed by atoms with Crippen LogP contribution in [0.2, 0.25) is 0 Å². The zero-order chi connectivity index (χ0) is 21.0. The second-order valence-electron chi connectivity index (χ2n) is 6.33. The molecule has 0 aromatic carbocycles. The van der Waals surface area contributed by atoms with Crippen LogP contribution in [0.5, 0.6) is 0 Å². The number of nitrogens with zero attached hydrogens (tertiary/aromatic N) is 1. The van der Waals surface area contributed by atoms with E-state index in [1.54, 1.807) is 0 Å². The van der Waals surface area contributed by atoms with E-state index in [1.165, 1.54) is 18.7 Å². The molecule has 11 nitrogen and oxygen atoms in total. The topological polar surface area (TPSA) is 176 Å².